The summed E-state index contributed by atoms with van der Waals surface area (Å²) in [6.45, 7) is 0.565. The van der Waals surface area contributed by atoms with Crippen molar-refractivity contribution in [3.63, 3.8) is 0 Å². The summed E-state index contributed by atoms with van der Waals surface area (Å²) >= 11 is 0. The number of nitrogens with zero attached hydrogens (tertiary/aromatic N) is 1. The quantitative estimate of drug-likeness (QED) is 0.755. The molecule has 0 aliphatic heterocycles. The van der Waals surface area contributed by atoms with Crippen LogP contribution in [0.3, 0.4) is 0 Å². The maximum Gasteiger partial charge on any atom is 0.136 e. The fourth-order valence-corrected chi connectivity index (χ4v) is 1.89. The van der Waals surface area contributed by atoms with E-state index < -0.39 is 0 Å². The lowest BCUT2D eigenvalue weighted by molar-refractivity contribution is 0.288. The monoisotopic (exact) mass is 261 g/mol. The molecule has 0 aliphatic rings. The Labute approximate surface area is 108 Å². The zero-order valence-corrected chi connectivity index (χ0v) is 10.0. The Morgan fingerprint density at radius 3 is 3.00 bits per heavy atom. The van der Waals surface area contributed by atoms with E-state index in [9.17, 15) is 4.39 Å². The second kappa shape index (κ2) is 4.74. The van der Waals surface area contributed by atoms with Gasteiger partial charge >= 0.3 is 0 Å². The van der Waals surface area contributed by atoms with Gasteiger partial charge in [-0.05, 0) is 6.07 Å². The number of halogens is 1. The van der Waals surface area contributed by atoms with Crippen LogP contribution in [-0.4, -0.2) is 10.1 Å². The molecule has 1 aromatic carbocycles. The predicted octanol–water partition coefficient (Wildman–Crippen LogP) is 2.33. The van der Waals surface area contributed by atoms with Crippen LogP contribution in [0.15, 0.2) is 35.1 Å². The van der Waals surface area contributed by atoms with Gasteiger partial charge in [-0.15, -0.1) is 0 Å². The van der Waals surface area contributed by atoms with E-state index in [0.29, 0.717) is 28.9 Å². The highest BCUT2D eigenvalue weighted by Gasteiger charge is 2.08. The molecule has 6 heteroatoms. The van der Waals surface area contributed by atoms with Gasteiger partial charge in [-0.3, -0.25) is 0 Å². The first-order valence-electron chi connectivity index (χ1n) is 5.79. The fourth-order valence-electron chi connectivity index (χ4n) is 1.89. The Hall–Kier alpha value is -2.34. The van der Waals surface area contributed by atoms with Gasteiger partial charge in [0.1, 0.15) is 30.1 Å². The lowest BCUT2D eigenvalue weighted by atomic mass is 10.2. The lowest BCUT2D eigenvalue weighted by Crippen LogP contribution is -1.96. The molecule has 0 aliphatic carbocycles. The van der Waals surface area contributed by atoms with Crippen molar-refractivity contribution in [3.8, 4) is 5.75 Å². The number of hydrogen-bond donors (Lipinski definition) is 2. The topological polar surface area (TPSA) is 77.1 Å². The fraction of sp³-hybridized carbons (Fsp3) is 0.154. The van der Waals surface area contributed by atoms with E-state index >= 15 is 0 Å². The molecule has 19 heavy (non-hydrogen) atoms. The molecular formula is C13H12FN3O2. The van der Waals surface area contributed by atoms with Crippen LogP contribution >= 0.6 is 0 Å². The van der Waals surface area contributed by atoms with Gasteiger partial charge in [0.15, 0.2) is 0 Å². The third kappa shape index (κ3) is 2.30. The summed E-state index contributed by atoms with van der Waals surface area (Å²) in [6, 6.07) is 6.47. The molecule has 2 aromatic heterocycles. The van der Waals surface area contributed by atoms with Crippen molar-refractivity contribution in [1.82, 2.24) is 10.1 Å². The number of aromatic nitrogens is 2. The second-order valence-corrected chi connectivity index (χ2v) is 4.14. The van der Waals surface area contributed by atoms with Crippen LogP contribution in [0.5, 0.6) is 5.75 Å². The van der Waals surface area contributed by atoms with Gasteiger partial charge in [-0.2, -0.15) is 0 Å². The summed E-state index contributed by atoms with van der Waals surface area (Å²) < 4.78 is 24.0. The van der Waals surface area contributed by atoms with E-state index in [2.05, 4.69) is 10.1 Å². The first-order chi connectivity index (χ1) is 9.26. The number of rotatable bonds is 4. The number of nitrogens with one attached hydrogen (secondary N) is 1. The summed E-state index contributed by atoms with van der Waals surface area (Å²) in [4.78, 5) is 3.04. The summed E-state index contributed by atoms with van der Waals surface area (Å²) in [5.74, 6) is 0.0852. The van der Waals surface area contributed by atoms with Gasteiger partial charge in [-0.25, -0.2) is 4.39 Å². The molecule has 0 amide bonds. The smallest absolute Gasteiger partial charge is 0.136 e. The van der Waals surface area contributed by atoms with E-state index in [0.717, 1.165) is 5.69 Å². The number of aromatic amines is 1. The zero-order valence-electron chi connectivity index (χ0n) is 10.0. The molecule has 0 unspecified atom stereocenters. The van der Waals surface area contributed by atoms with Gasteiger partial charge < -0.3 is 20.0 Å². The minimum atomic E-state index is -0.344. The highest BCUT2D eigenvalue weighted by Crippen LogP contribution is 2.25. The van der Waals surface area contributed by atoms with Crippen LogP contribution in [0.1, 0.15) is 11.4 Å². The van der Waals surface area contributed by atoms with Gasteiger partial charge in [0.05, 0.1) is 5.52 Å². The molecule has 2 heterocycles. The van der Waals surface area contributed by atoms with Crippen molar-refractivity contribution in [1.29, 1.82) is 0 Å². The van der Waals surface area contributed by atoms with Crippen molar-refractivity contribution in [2.75, 3.05) is 0 Å². The SMILES string of the molecule is NCc1cc2c(F)cc(OCc3ccon3)cc2[nH]1. The van der Waals surface area contributed by atoms with Crippen LogP contribution in [0.4, 0.5) is 4.39 Å². The molecule has 0 bridgehead atoms. The molecule has 3 aromatic rings. The number of hydrogen-bond acceptors (Lipinski definition) is 4. The number of ether oxygens (including phenoxy) is 1. The molecule has 0 spiro atoms. The van der Waals surface area contributed by atoms with Crippen molar-refractivity contribution < 1.29 is 13.7 Å². The highest BCUT2D eigenvalue weighted by atomic mass is 19.1. The van der Waals surface area contributed by atoms with Crippen molar-refractivity contribution in [2.45, 2.75) is 13.2 Å². The third-order valence-corrected chi connectivity index (χ3v) is 2.81. The normalized spacial score (nSPS) is 11.1. The van der Waals surface area contributed by atoms with Gasteiger partial charge in [0, 0.05) is 35.8 Å². The maximum absolute atomic E-state index is 13.9. The Kier molecular flexibility index (Phi) is 2.92. The van der Waals surface area contributed by atoms with Crippen LogP contribution < -0.4 is 10.5 Å². The summed E-state index contributed by atoms with van der Waals surface area (Å²) in [5.41, 5.74) is 7.61. The van der Waals surface area contributed by atoms with Crippen LogP contribution in [0, 0.1) is 5.82 Å². The van der Waals surface area contributed by atoms with Crippen LogP contribution in [0.2, 0.25) is 0 Å². The van der Waals surface area contributed by atoms with Crippen molar-refractivity contribution in [2.24, 2.45) is 5.73 Å². The third-order valence-electron chi connectivity index (χ3n) is 2.81. The van der Waals surface area contributed by atoms with Crippen molar-refractivity contribution >= 4 is 10.9 Å². The summed E-state index contributed by atoms with van der Waals surface area (Å²) in [6.07, 6.45) is 1.46. The lowest BCUT2D eigenvalue weighted by Gasteiger charge is -2.04. The second-order valence-electron chi connectivity index (χ2n) is 4.14. The first kappa shape index (κ1) is 11.7. The van der Waals surface area contributed by atoms with E-state index in [4.69, 9.17) is 15.0 Å². The Bertz CT molecular complexity index is 691. The van der Waals surface area contributed by atoms with E-state index in [1.165, 1.54) is 12.3 Å². The standard InChI is InChI=1S/C13H12FN3O2/c14-12-4-10(18-7-8-1-2-19-17-8)5-13-11(12)3-9(6-15)16-13/h1-5,16H,6-7,15H2. The Balaban J connectivity index is 1.87. The van der Waals surface area contributed by atoms with Gasteiger partial charge in [0.2, 0.25) is 0 Å². The molecule has 3 N–H and O–H groups in total. The maximum atomic E-state index is 13.9. The summed E-state index contributed by atoms with van der Waals surface area (Å²) in [5, 5.41) is 4.22. The number of benzene rings is 1. The average Bonchev–Trinajstić information content (AvgIpc) is 3.05. The number of nitrogens with two attached hydrogens (primary N) is 1. The molecule has 0 radical (unpaired) electrons. The predicted molar refractivity (Wildman–Crippen MR) is 67.0 cm³/mol. The van der Waals surface area contributed by atoms with E-state index in [1.807, 2.05) is 0 Å². The summed E-state index contributed by atoms with van der Waals surface area (Å²) in [7, 11) is 0. The minimum absolute atomic E-state index is 0.228. The van der Waals surface area contributed by atoms with E-state index in [1.54, 1.807) is 18.2 Å². The van der Waals surface area contributed by atoms with Crippen molar-refractivity contribution in [3.05, 3.63) is 47.7 Å². The van der Waals surface area contributed by atoms with Crippen LogP contribution in [-0.2, 0) is 13.2 Å². The zero-order chi connectivity index (χ0) is 13.2. The molecule has 5 nitrogen and oxygen atoms in total. The largest absolute Gasteiger partial charge is 0.487 e. The Morgan fingerprint density at radius 1 is 1.37 bits per heavy atom. The molecule has 0 saturated heterocycles. The molecule has 98 valence electrons. The first-order valence-corrected chi connectivity index (χ1v) is 5.79. The van der Waals surface area contributed by atoms with Crippen LogP contribution in [0.25, 0.3) is 10.9 Å². The molecule has 3 rings (SSSR count). The minimum Gasteiger partial charge on any atom is -0.487 e. The molecular weight excluding hydrogens is 249 g/mol. The molecule has 0 fully saturated rings. The molecule has 0 atom stereocenters. The molecule has 0 saturated carbocycles. The van der Waals surface area contributed by atoms with Gasteiger partial charge in [0.25, 0.3) is 0 Å². The van der Waals surface area contributed by atoms with Gasteiger partial charge in [-0.1, -0.05) is 5.16 Å². The highest BCUT2D eigenvalue weighted by molar-refractivity contribution is 5.82. The Morgan fingerprint density at radius 2 is 2.26 bits per heavy atom. The number of H-pyrrole nitrogens is 1. The number of fused-ring (bicyclic) bond motifs is 1. The average molecular weight is 261 g/mol. The van der Waals surface area contributed by atoms with E-state index in [-0.39, 0.29) is 12.4 Å².